The van der Waals surface area contributed by atoms with Crippen LogP contribution >= 0.6 is 0 Å². The van der Waals surface area contributed by atoms with Crippen LogP contribution in [0.5, 0.6) is 0 Å². The number of hydrogen-bond acceptors (Lipinski definition) is 5. The van der Waals surface area contributed by atoms with Gasteiger partial charge in [0.15, 0.2) is 5.78 Å². The molecule has 8 heteroatoms. The van der Waals surface area contributed by atoms with E-state index < -0.39 is 17.0 Å². The molecular formula is C23H25FN4O3. The number of ketones is 1. The van der Waals surface area contributed by atoms with Crippen molar-refractivity contribution >= 4 is 11.6 Å². The smallest absolute Gasteiger partial charge is 0.332 e. The molecule has 0 spiro atoms. The molecule has 0 bridgehead atoms. The average molecular weight is 424 g/mol. The van der Waals surface area contributed by atoms with Crippen LogP contribution in [0.2, 0.25) is 0 Å². The highest BCUT2D eigenvalue weighted by Crippen LogP contribution is 2.12. The summed E-state index contributed by atoms with van der Waals surface area (Å²) in [6.07, 6.45) is 0. The van der Waals surface area contributed by atoms with Gasteiger partial charge in [-0.1, -0.05) is 42.5 Å². The fourth-order valence-corrected chi connectivity index (χ4v) is 3.50. The molecule has 1 aromatic heterocycles. The largest absolute Gasteiger partial charge is 0.384 e. The lowest BCUT2D eigenvalue weighted by Crippen LogP contribution is -2.45. The van der Waals surface area contributed by atoms with E-state index in [9.17, 15) is 18.8 Å². The van der Waals surface area contributed by atoms with Crippen LogP contribution in [0, 0.1) is 5.82 Å². The van der Waals surface area contributed by atoms with Crippen LogP contribution in [0.15, 0.2) is 64.2 Å². The van der Waals surface area contributed by atoms with Gasteiger partial charge in [0, 0.05) is 13.1 Å². The van der Waals surface area contributed by atoms with Gasteiger partial charge in [-0.15, -0.1) is 0 Å². The molecule has 2 N–H and O–H groups in total. The number of Topliss-reactive ketones (excluding diaryl/α,β-unsaturated/α-hetero) is 1. The van der Waals surface area contributed by atoms with E-state index in [-0.39, 0.29) is 36.8 Å². The van der Waals surface area contributed by atoms with Crippen LogP contribution < -0.4 is 17.0 Å². The van der Waals surface area contributed by atoms with Crippen LogP contribution in [0.4, 0.5) is 10.2 Å². The minimum atomic E-state index is -0.696. The third kappa shape index (κ3) is 4.97. The molecule has 0 unspecified atom stereocenters. The maximum absolute atomic E-state index is 13.4. The van der Waals surface area contributed by atoms with E-state index in [4.69, 9.17) is 5.73 Å². The minimum Gasteiger partial charge on any atom is -0.384 e. The van der Waals surface area contributed by atoms with Gasteiger partial charge in [0.2, 0.25) is 0 Å². The molecule has 1 heterocycles. The number of benzene rings is 2. The molecule has 2 aromatic carbocycles. The zero-order chi connectivity index (χ0) is 22.5. The van der Waals surface area contributed by atoms with E-state index in [1.807, 2.05) is 30.3 Å². The highest BCUT2D eigenvalue weighted by molar-refractivity contribution is 6.01. The SMILES string of the molecule is CCn1c(=O)c(C(=O)CN(C)Cc2cccc(F)c2)c(N)n(Cc2ccccc2)c1=O. The third-order valence-corrected chi connectivity index (χ3v) is 5.00. The number of carbonyl (C=O) groups is 1. The molecule has 31 heavy (non-hydrogen) atoms. The minimum absolute atomic E-state index is 0.108. The predicted molar refractivity (Wildman–Crippen MR) is 118 cm³/mol. The first-order valence-corrected chi connectivity index (χ1v) is 9.95. The third-order valence-electron chi connectivity index (χ3n) is 5.00. The summed E-state index contributed by atoms with van der Waals surface area (Å²) in [6, 6.07) is 15.3. The number of hydrogen-bond donors (Lipinski definition) is 1. The lowest BCUT2D eigenvalue weighted by Gasteiger charge is -2.19. The van der Waals surface area contributed by atoms with Crippen LogP contribution in [-0.4, -0.2) is 33.4 Å². The van der Waals surface area contributed by atoms with Gasteiger partial charge in [0.25, 0.3) is 5.56 Å². The first-order chi connectivity index (χ1) is 14.8. The Bertz CT molecular complexity index is 1200. The van der Waals surface area contributed by atoms with Crippen LogP contribution in [0.1, 0.15) is 28.4 Å². The second-order valence-electron chi connectivity index (χ2n) is 7.39. The van der Waals surface area contributed by atoms with Crippen molar-refractivity contribution in [2.75, 3.05) is 19.3 Å². The zero-order valence-corrected chi connectivity index (χ0v) is 17.5. The number of anilines is 1. The van der Waals surface area contributed by atoms with Crippen molar-refractivity contribution in [3.8, 4) is 0 Å². The van der Waals surface area contributed by atoms with E-state index in [1.165, 1.54) is 16.7 Å². The summed E-state index contributed by atoms with van der Waals surface area (Å²) >= 11 is 0. The molecule has 0 fully saturated rings. The number of nitrogens with two attached hydrogens (primary N) is 1. The Hall–Kier alpha value is -3.52. The van der Waals surface area contributed by atoms with Crippen molar-refractivity contribution < 1.29 is 9.18 Å². The van der Waals surface area contributed by atoms with Crippen LogP contribution in [0.3, 0.4) is 0 Å². The number of nitrogen functional groups attached to an aromatic ring is 1. The quantitative estimate of drug-likeness (QED) is 0.560. The predicted octanol–water partition coefficient (Wildman–Crippen LogP) is 2.11. The molecule has 0 aliphatic carbocycles. The average Bonchev–Trinajstić information content (AvgIpc) is 2.72. The monoisotopic (exact) mass is 424 g/mol. The van der Waals surface area contributed by atoms with Crippen LogP contribution in [0.25, 0.3) is 0 Å². The lowest BCUT2D eigenvalue weighted by atomic mass is 10.1. The van der Waals surface area contributed by atoms with Gasteiger partial charge in [0.1, 0.15) is 17.2 Å². The summed E-state index contributed by atoms with van der Waals surface area (Å²) in [7, 11) is 1.69. The Kier molecular flexibility index (Phi) is 6.81. The van der Waals surface area contributed by atoms with Gasteiger partial charge in [-0.2, -0.15) is 0 Å². The summed E-state index contributed by atoms with van der Waals surface area (Å²) in [5.41, 5.74) is 6.22. The van der Waals surface area contributed by atoms with E-state index in [2.05, 4.69) is 0 Å². The van der Waals surface area contributed by atoms with Gasteiger partial charge in [0.05, 0.1) is 13.1 Å². The Morgan fingerprint density at radius 1 is 1.03 bits per heavy atom. The molecule has 0 aliphatic heterocycles. The normalized spacial score (nSPS) is 11.1. The van der Waals surface area contributed by atoms with E-state index in [0.717, 1.165) is 10.1 Å². The number of carbonyl (C=O) groups excluding carboxylic acids is 1. The maximum Gasteiger partial charge on any atom is 0.332 e. The van der Waals surface area contributed by atoms with Crippen molar-refractivity contribution in [2.45, 2.75) is 26.6 Å². The molecule has 0 saturated heterocycles. The molecule has 0 amide bonds. The fourth-order valence-electron chi connectivity index (χ4n) is 3.50. The van der Waals surface area contributed by atoms with Gasteiger partial charge >= 0.3 is 5.69 Å². The lowest BCUT2D eigenvalue weighted by molar-refractivity contribution is 0.0941. The second-order valence-corrected chi connectivity index (χ2v) is 7.39. The summed E-state index contributed by atoms with van der Waals surface area (Å²) in [4.78, 5) is 40.3. The number of rotatable bonds is 8. The number of nitrogens with zero attached hydrogens (tertiary/aromatic N) is 3. The standard InChI is InChI=1S/C23H25FN4O3/c1-3-27-22(30)20(19(29)15-26(2)13-17-10-7-11-18(24)12-17)21(25)28(23(27)31)14-16-8-5-4-6-9-16/h4-12H,3,13-15,25H2,1-2H3. The molecule has 0 radical (unpaired) electrons. The van der Waals surface area contributed by atoms with Crippen LogP contribution in [-0.2, 0) is 19.6 Å². The van der Waals surface area contributed by atoms with Crippen molar-refractivity contribution in [1.29, 1.82) is 0 Å². The number of likely N-dealkylation sites (N-methyl/N-ethyl adjacent to an activating group) is 1. The van der Waals surface area contributed by atoms with E-state index >= 15 is 0 Å². The van der Waals surface area contributed by atoms with Crippen molar-refractivity contribution in [3.05, 3.63) is 97.9 Å². The second kappa shape index (κ2) is 9.53. The van der Waals surface area contributed by atoms with Gasteiger partial charge in [-0.05, 0) is 37.2 Å². The van der Waals surface area contributed by atoms with E-state index in [0.29, 0.717) is 12.1 Å². The molecule has 7 nitrogen and oxygen atoms in total. The summed E-state index contributed by atoms with van der Waals surface area (Å²) in [5.74, 6) is -1.00. The van der Waals surface area contributed by atoms with Crippen molar-refractivity contribution in [2.24, 2.45) is 0 Å². The molecule has 3 rings (SSSR count). The number of halogens is 1. The topological polar surface area (TPSA) is 90.3 Å². The molecule has 162 valence electrons. The van der Waals surface area contributed by atoms with Crippen molar-refractivity contribution in [3.63, 3.8) is 0 Å². The highest BCUT2D eigenvalue weighted by Gasteiger charge is 2.23. The summed E-state index contributed by atoms with van der Waals surface area (Å²) in [6.45, 7) is 2.13. The van der Waals surface area contributed by atoms with Crippen molar-refractivity contribution in [1.82, 2.24) is 14.0 Å². The molecule has 0 aliphatic rings. The Morgan fingerprint density at radius 3 is 2.35 bits per heavy atom. The highest BCUT2D eigenvalue weighted by atomic mass is 19.1. The molecule has 3 aromatic rings. The first-order valence-electron chi connectivity index (χ1n) is 9.95. The fraction of sp³-hybridized carbons (Fsp3) is 0.261. The Balaban J connectivity index is 1.93. The molecule has 0 saturated carbocycles. The summed E-state index contributed by atoms with van der Waals surface area (Å²) < 4.78 is 15.7. The number of aromatic nitrogens is 2. The molecule has 0 atom stereocenters. The van der Waals surface area contributed by atoms with Gasteiger partial charge in [-0.3, -0.25) is 23.6 Å². The van der Waals surface area contributed by atoms with E-state index in [1.54, 1.807) is 31.0 Å². The maximum atomic E-state index is 13.4. The Morgan fingerprint density at radius 2 is 1.71 bits per heavy atom. The zero-order valence-electron chi connectivity index (χ0n) is 17.5. The Labute approximate surface area is 179 Å². The van der Waals surface area contributed by atoms with Gasteiger partial charge < -0.3 is 5.73 Å². The summed E-state index contributed by atoms with van der Waals surface area (Å²) in [5, 5.41) is 0. The van der Waals surface area contributed by atoms with Gasteiger partial charge in [-0.25, -0.2) is 9.18 Å². The first kappa shape index (κ1) is 22.2. The molecular weight excluding hydrogens is 399 g/mol.